The second kappa shape index (κ2) is 10.0. The van der Waals surface area contributed by atoms with Crippen LogP contribution >= 0.6 is 12.2 Å². The molecule has 2 atom stereocenters. The van der Waals surface area contributed by atoms with Gasteiger partial charge in [0.25, 0.3) is 0 Å². The quantitative estimate of drug-likeness (QED) is 0.622. The second-order valence-electron chi connectivity index (χ2n) is 7.36. The number of methoxy groups -OCH3 is 1. The topological polar surface area (TPSA) is 77.1 Å². The number of nitrogens with zero attached hydrogens (tertiary/aromatic N) is 2. The molecule has 154 valence electrons. The van der Waals surface area contributed by atoms with Crippen LogP contribution in [0.25, 0.3) is 0 Å². The number of amides is 1. The maximum Gasteiger partial charge on any atom is 0.245 e. The molecule has 1 amide bonds. The Morgan fingerprint density at radius 2 is 1.96 bits per heavy atom. The molecule has 0 aliphatic carbocycles. The van der Waals surface area contributed by atoms with Gasteiger partial charge in [-0.15, -0.1) is 0 Å². The Balaban J connectivity index is 1.58. The lowest BCUT2D eigenvalue weighted by atomic mass is 10.1. The Morgan fingerprint density at radius 1 is 1.25 bits per heavy atom. The number of ether oxygens (including phenoxy) is 1. The molecule has 2 aliphatic heterocycles. The summed E-state index contributed by atoms with van der Waals surface area (Å²) in [5, 5.41) is 17.2. The van der Waals surface area contributed by atoms with E-state index in [4.69, 9.17) is 17.0 Å². The van der Waals surface area contributed by atoms with E-state index in [1.54, 1.807) is 12.0 Å². The summed E-state index contributed by atoms with van der Waals surface area (Å²) in [6.45, 7) is 2.83. The van der Waals surface area contributed by atoms with E-state index in [9.17, 15) is 9.90 Å². The van der Waals surface area contributed by atoms with E-state index in [-0.39, 0.29) is 11.9 Å². The molecule has 0 bridgehead atoms. The van der Waals surface area contributed by atoms with Crippen molar-refractivity contribution in [1.29, 1.82) is 0 Å². The highest BCUT2D eigenvalue weighted by Crippen LogP contribution is 2.23. The lowest BCUT2D eigenvalue weighted by molar-refractivity contribution is -0.135. The van der Waals surface area contributed by atoms with E-state index in [0.717, 1.165) is 50.9 Å². The Morgan fingerprint density at radius 3 is 2.71 bits per heavy atom. The van der Waals surface area contributed by atoms with Crippen molar-refractivity contribution in [1.82, 2.24) is 15.1 Å². The van der Waals surface area contributed by atoms with Crippen LogP contribution in [-0.2, 0) is 4.79 Å². The first-order valence-corrected chi connectivity index (χ1v) is 10.4. The average molecular weight is 407 g/mol. The van der Waals surface area contributed by atoms with Gasteiger partial charge in [0.2, 0.25) is 5.91 Å². The van der Waals surface area contributed by atoms with Crippen molar-refractivity contribution in [3.63, 3.8) is 0 Å². The molecule has 0 unspecified atom stereocenters. The van der Waals surface area contributed by atoms with Gasteiger partial charge in [0.1, 0.15) is 18.0 Å². The lowest BCUT2D eigenvalue weighted by Crippen LogP contribution is -2.52. The zero-order valence-electron chi connectivity index (χ0n) is 16.4. The summed E-state index contributed by atoms with van der Waals surface area (Å²) in [6, 6.07) is 7.12. The van der Waals surface area contributed by atoms with Crippen LogP contribution in [0.1, 0.15) is 32.1 Å². The van der Waals surface area contributed by atoms with Crippen molar-refractivity contribution in [3.8, 4) is 5.75 Å². The Labute approximate surface area is 172 Å². The molecule has 2 heterocycles. The van der Waals surface area contributed by atoms with Crippen LogP contribution in [0.5, 0.6) is 5.75 Å². The number of rotatable bonds is 6. The summed E-state index contributed by atoms with van der Waals surface area (Å²) in [5.74, 6) is 0.689. The van der Waals surface area contributed by atoms with Crippen molar-refractivity contribution in [3.05, 3.63) is 24.3 Å². The highest BCUT2D eigenvalue weighted by Gasteiger charge is 2.30. The molecule has 3 N–H and O–H groups in total. The molecule has 28 heavy (non-hydrogen) atoms. The smallest absolute Gasteiger partial charge is 0.245 e. The molecular formula is C20H30N4O3S. The number of nitrogens with one attached hydrogen (secondary N) is 2. The maximum atomic E-state index is 13.0. The monoisotopic (exact) mass is 406 g/mol. The highest BCUT2D eigenvalue weighted by molar-refractivity contribution is 7.80. The van der Waals surface area contributed by atoms with E-state index in [2.05, 4.69) is 15.5 Å². The number of likely N-dealkylation sites (tertiary alicyclic amines) is 2. The number of carbonyl (C=O) groups is 1. The zero-order valence-corrected chi connectivity index (χ0v) is 17.2. The van der Waals surface area contributed by atoms with Crippen molar-refractivity contribution in [2.45, 2.75) is 44.4 Å². The van der Waals surface area contributed by atoms with E-state index < -0.39 is 6.23 Å². The third-order valence-corrected chi connectivity index (χ3v) is 5.61. The van der Waals surface area contributed by atoms with Gasteiger partial charge in [-0.3, -0.25) is 9.69 Å². The van der Waals surface area contributed by atoms with Gasteiger partial charge in [-0.25, -0.2) is 0 Å². The summed E-state index contributed by atoms with van der Waals surface area (Å²) in [6.07, 6.45) is 4.23. The summed E-state index contributed by atoms with van der Waals surface area (Å²) >= 11 is 5.43. The van der Waals surface area contributed by atoms with E-state index in [0.29, 0.717) is 24.0 Å². The van der Waals surface area contributed by atoms with Crippen molar-refractivity contribution >= 4 is 28.9 Å². The van der Waals surface area contributed by atoms with Gasteiger partial charge in [0.05, 0.1) is 19.3 Å². The number of benzene rings is 1. The number of anilines is 1. The molecule has 0 aromatic heterocycles. The van der Waals surface area contributed by atoms with Gasteiger partial charge >= 0.3 is 0 Å². The second-order valence-corrected chi connectivity index (χ2v) is 7.76. The molecule has 1 aromatic rings. The standard InChI is InChI=1S/C20H30N4O3S/c1-27-17-10-3-2-8-15(17)21-20(28)22-16-9-4-5-13-24(19(16)26)14-18(25)23-11-6-7-12-23/h2-3,8,10,16,18,25H,4-7,9,11-14H2,1H3,(H2,21,22,28)/t16-,18+/m0/s1. The molecular weight excluding hydrogens is 376 g/mol. The van der Waals surface area contributed by atoms with Crippen LogP contribution in [0.3, 0.4) is 0 Å². The summed E-state index contributed by atoms with van der Waals surface area (Å²) in [5.41, 5.74) is 0.755. The van der Waals surface area contributed by atoms with E-state index >= 15 is 0 Å². The molecule has 3 rings (SSSR count). The number of aliphatic hydroxyl groups is 1. The fraction of sp³-hybridized carbons (Fsp3) is 0.600. The van der Waals surface area contributed by atoms with Gasteiger partial charge < -0.3 is 25.4 Å². The minimum Gasteiger partial charge on any atom is -0.495 e. The van der Waals surface area contributed by atoms with Gasteiger partial charge in [-0.1, -0.05) is 12.1 Å². The number of hydrogen-bond acceptors (Lipinski definition) is 5. The van der Waals surface area contributed by atoms with Crippen LogP contribution in [0.2, 0.25) is 0 Å². The predicted molar refractivity (Wildman–Crippen MR) is 113 cm³/mol. The summed E-state index contributed by atoms with van der Waals surface area (Å²) < 4.78 is 5.33. The van der Waals surface area contributed by atoms with E-state index in [1.807, 2.05) is 24.3 Å². The largest absolute Gasteiger partial charge is 0.495 e. The SMILES string of the molecule is COc1ccccc1NC(=S)N[C@H]1CCCCN(C[C@@H](O)N2CCCC2)C1=O. The van der Waals surface area contributed by atoms with Gasteiger partial charge in [-0.2, -0.15) is 0 Å². The van der Waals surface area contributed by atoms with Gasteiger partial charge in [0, 0.05) is 19.6 Å². The third-order valence-electron chi connectivity index (χ3n) is 5.39. The van der Waals surface area contributed by atoms with Gasteiger partial charge in [0.15, 0.2) is 5.11 Å². The van der Waals surface area contributed by atoms with Crippen LogP contribution < -0.4 is 15.4 Å². The number of para-hydroxylation sites is 2. The number of hydrogen-bond donors (Lipinski definition) is 3. The van der Waals surface area contributed by atoms with Gasteiger partial charge in [-0.05, 0) is 56.5 Å². The first kappa shape index (κ1) is 20.8. The van der Waals surface area contributed by atoms with Crippen molar-refractivity contribution in [2.24, 2.45) is 0 Å². The maximum absolute atomic E-state index is 13.0. The van der Waals surface area contributed by atoms with E-state index in [1.165, 1.54) is 0 Å². The average Bonchev–Trinajstić information content (AvgIpc) is 3.18. The lowest BCUT2D eigenvalue weighted by Gasteiger charge is -2.31. The minimum atomic E-state index is -0.594. The fourth-order valence-electron chi connectivity index (χ4n) is 3.84. The van der Waals surface area contributed by atoms with Crippen LogP contribution in [0, 0.1) is 0 Å². The molecule has 2 saturated heterocycles. The highest BCUT2D eigenvalue weighted by atomic mass is 32.1. The molecule has 0 radical (unpaired) electrons. The Kier molecular flexibility index (Phi) is 7.47. The number of aliphatic hydroxyl groups excluding tert-OH is 1. The van der Waals surface area contributed by atoms with Crippen molar-refractivity contribution < 1.29 is 14.6 Å². The first-order valence-electron chi connectivity index (χ1n) is 10.00. The number of thiocarbonyl (C=S) groups is 1. The molecule has 1 aromatic carbocycles. The van der Waals surface area contributed by atoms with Crippen molar-refractivity contribution in [2.75, 3.05) is 38.6 Å². The molecule has 2 aliphatic rings. The molecule has 0 saturated carbocycles. The summed E-state index contributed by atoms with van der Waals surface area (Å²) in [4.78, 5) is 16.9. The number of carbonyl (C=O) groups excluding carboxylic acids is 1. The van der Waals surface area contributed by atoms with Crippen LogP contribution in [0.15, 0.2) is 24.3 Å². The molecule has 7 nitrogen and oxygen atoms in total. The molecule has 8 heteroatoms. The van der Waals surface area contributed by atoms with Crippen LogP contribution in [0.4, 0.5) is 5.69 Å². The first-order chi connectivity index (χ1) is 13.6. The minimum absolute atomic E-state index is 0.0000707. The Bertz CT molecular complexity index is 681. The Hall–Kier alpha value is -1.90. The number of β-amino-alcohol motifs (C(OH)–C–C–N with tert-alkyl or cyclic N) is 1. The predicted octanol–water partition coefficient (Wildman–Crippen LogP) is 1.78. The molecule has 2 fully saturated rings. The zero-order chi connectivity index (χ0) is 19.9. The fourth-order valence-corrected chi connectivity index (χ4v) is 4.09. The summed E-state index contributed by atoms with van der Waals surface area (Å²) in [7, 11) is 1.61. The molecule has 0 spiro atoms. The third kappa shape index (κ3) is 5.33. The van der Waals surface area contributed by atoms with Crippen LogP contribution in [-0.4, -0.2) is 71.5 Å². The normalized spacial score (nSPS) is 21.9.